The maximum absolute atomic E-state index is 13.0. The lowest BCUT2D eigenvalue weighted by atomic mass is 10.1. The molecule has 0 saturated carbocycles. The van der Waals surface area contributed by atoms with Crippen LogP contribution in [0.1, 0.15) is 47.6 Å². The van der Waals surface area contributed by atoms with Crippen LogP contribution in [-0.2, 0) is 17.8 Å². The zero-order valence-corrected chi connectivity index (χ0v) is 18.1. The number of hydrogen-bond acceptors (Lipinski definition) is 5. The van der Waals surface area contributed by atoms with Crippen LogP contribution < -0.4 is 5.32 Å². The van der Waals surface area contributed by atoms with Crippen molar-refractivity contribution in [2.24, 2.45) is 0 Å². The minimum absolute atomic E-state index is 0.0625. The first kappa shape index (κ1) is 19.9. The molecule has 7 nitrogen and oxygen atoms in total. The number of aryl methyl sites for hydroxylation is 1. The summed E-state index contributed by atoms with van der Waals surface area (Å²) in [6.45, 7) is 1.54. The molecule has 0 aliphatic carbocycles. The van der Waals surface area contributed by atoms with Gasteiger partial charge in [0.05, 0.1) is 4.88 Å². The number of nitrogens with one attached hydrogen (secondary N) is 1. The van der Waals surface area contributed by atoms with E-state index in [9.17, 15) is 9.59 Å². The van der Waals surface area contributed by atoms with E-state index in [4.69, 9.17) is 0 Å². The van der Waals surface area contributed by atoms with Gasteiger partial charge in [-0.2, -0.15) is 0 Å². The summed E-state index contributed by atoms with van der Waals surface area (Å²) in [6.07, 6.45) is 5.96. The molecule has 4 heterocycles. The number of anilines is 1. The van der Waals surface area contributed by atoms with Gasteiger partial charge in [0, 0.05) is 30.8 Å². The molecular formula is C23H25N5O2S. The number of likely N-dealkylation sites (tertiary alicyclic amines) is 1. The van der Waals surface area contributed by atoms with Crippen LogP contribution in [0.3, 0.4) is 0 Å². The van der Waals surface area contributed by atoms with Gasteiger partial charge in [0.15, 0.2) is 5.82 Å². The van der Waals surface area contributed by atoms with Crippen LogP contribution >= 0.6 is 11.3 Å². The van der Waals surface area contributed by atoms with E-state index in [1.54, 1.807) is 4.90 Å². The van der Waals surface area contributed by atoms with E-state index in [0.29, 0.717) is 23.5 Å². The third-order valence-electron chi connectivity index (χ3n) is 6.05. The molecule has 31 heavy (non-hydrogen) atoms. The molecule has 5 rings (SSSR count). The van der Waals surface area contributed by atoms with Gasteiger partial charge in [0.1, 0.15) is 11.9 Å². The second-order valence-electron chi connectivity index (χ2n) is 8.11. The van der Waals surface area contributed by atoms with Crippen molar-refractivity contribution in [3.63, 3.8) is 0 Å². The molecule has 2 amide bonds. The average Bonchev–Trinajstić information content (AvgIpc) is 3.53. The molecule has 1 saturated heterocycles. The number of carbonyl (C=O) groups excluding carboxylic acids is 2. The van der Waals surface area contributed by atoms with Crippen LogP contribution in [0.2, 0.25) is 0 Å². The Balaban J connectivity index is 1.33. The Kier molecular flexibility index (Phi) is 5.55. The van der Waals surface area contributed by atoms with Crippen molar-refractivity contribution in [2.45, 2.75) is 51.1 Å². The van der Waals surface area contributed by atoms with E-state index in [2.05, 4.69) is 20.1 Å². The van der Waals surface area contributed by atoms with E-state index in [-0.39, 0.29) is 11.8 Å². The summed E-state index contributed by atoms with van der Waals surface area (Å²) in [5.41, 5.74) is 1.65. The van der Waals surface area contributed by atoms with Gasteiger partial charge in [-0.05, 0) is 49.3 Å². The first-order chi connectivity index (χ1) is 15.2. The maximum atomic E-state index is 13.0. The quantitative estimate of drug-likeness (QED) is 0.672. The van der Waals surface area contributed by atoms with Gasteiger partial charge < -0.3 is 14.8 Å². The molecule has 1 atom stereocenters. The summed E-state index contributed by atoms with van der Waals surface area (Å²) in [4.78, 5) is 28.2. The maximum Gasteiger partial charge on any atom is 0.264 e. The van der Waals surface area contributed by atoms with E-state index >= 15 is 0 Å². The molecule has 8 heteroatoms. The zero-order valence-electron chi connectivity index (χ0n) is 17.3. The van der Waals surface area contributed by atoms with Crippen molar-refractivity contribution in [1.29, 1.82) is 0 Å². The second-order valence-corrected chi connectivity index (χ2v) is 9.05. The number of rotatable bonds is 4. The molecule has 0 bridgehead atoms. The number of aromatic nitrogens is 3. The molecule has 2 aliphatic rings. The number of amides is 2. The van der Waals surface area contributed by atoms with Gasteiger partial charge in [0.2, 0.25) is 5.91 Å². The predicted octanol–water partition coefficient (Wildman–Crippen LogP) is 3.98. The van der Waals surface area contributed by atoms with Gasteiger partial charge in [-0.1, -0.05) is 24.6 Å². The number of thiophene rings is 1. The fourth-order valence-electron chi connectivity index (χ4n) is 4.48. The van der Waals surface area contributed by atoms with Crippen molar-refractivity contribution < 1.29 is 9.59 Å². The lowest BCUT2D eigenvalue weighted by Crippen LogP contribution is -2.42. The Bertz CT molecular complexity index is 1090. The van der Waals surface area contributed by atoms with Crippen LogP contribution in [0, 0.1) is 0 Å². The second kappa shape index (κ2) is 8.63. The molecular weight excluding hydrogens is 410 g/mol. The minimum Gasteiger partial charge on any atom is -0.326 e. The SMILES string of the molecule is O=C(Nc1cccc(-c2nnc3n2CCCCC3)c1)[C@@H]1CCCN1C(=O)c1cccs1. The average molecular weight is 436 g/mol. The monoisotopic (exact) mass is 435 g/mol. The molecule has 3 aromatic rings. The van der Waals surface area contributed by atoms with Gasteiger partial charge >= 0.3 is 0 Å². The molecule has 1 N–H and O–H groups in total. The van der Waals surface area contributed by atoms with Crippen molar-refractivity contribution in [1.82, 2.24) is 19.7 Å². The molecule has 0 spiro atoms. The first-order valence-electron chi connectivity index (χ1n) is 10.9. The summed E-state index contributed by atoms with van der Waals surface area (Å²) >= 11 is 1.41. The largest absolute Gasteiger partial charge is 0.326 e. The number of fused-ring (bicyclic) bond motifs is 1. The summed E-state index contributed by atoms with van der Waals surface area (Å²) in [7, 11) is 0. The van der Waals surface area contributed by atoms with E-state index in [0.717, 1.165) is 49.4 Å². The highest BCUT2D eigenvalue weighted by Gasteiger charge is 2.35. The smallest absolute Gasteiger partial charge is 0.264 e. The summed E-state index contributed by atoms with van der Waals surface area (Å²) in [5, 5.41) is 13.7. The highest BCUT2D eigenvalue weighted by Crippen LogP contribution is 2.27. The number of benzene rings is 1. The zero-order chi connectivity index (χ0) is 21.2. The standard InChI is InChI=1S/C23H25N5O2S/c29-22(18-9-5-13-27(18)23(30)19-10-6-14-31-19)24-17-8-4-7-16(15-17)21-26-25-20-11-2-1-3-12-28(20)21/h4,6-8,10,14-15,18H,1-3,5,9,11-13H2,(H,24,29)/t18-/m0/s1. The van der Waals surface area contributed by atoms with E-state index in [1.807, 2.05) is 41.8 Å². The summed E-state index contributed by atoms with van der Waals surface area (Å²) in [5.74, 6) is 1.69. The van der Waals surface area contributed by atoms with Gasteiger partial charge in [-0.3, -0.25) is 9.59 Å². The highest BCUT2D eigenvalue weighted by atomic mass is 32.1. The third kappa shape index (κ3) is 3.99. The minimum atomic E-state index is -0.442. The Morgan fingerprint density at radius 2 is 1.97 bits per heavy atom. The normalized spacial score (nSPS) is 18.5. The Labute approximate surface area is 185 Å². The predicted molar refractivity (Wildman–Crippen MR) is 120 cm³/mol. The van der Waals surface area contributed by atoms with Crippen LogP contribution in [0.25, 0.3) is 11.4 Å². The molecule has 2 aliphatic heterocycles. The van der Waals surface area contributed by atoms with Gasteiger partial charge in [0.25, 0.3) is 5.91 Å². The van der Waals surface area contributed by atoms with Gasteiger partial charge in [-0.25, -0.2) is 0 Å². The van der Waals surface area contributed by atoms with Crippen LogP contribution in [0.5, 0.6) is 0 Å². The topological polar surface area (TPSA) is 80.1 Å². The van der Waals surface area contributed by atoms with Crippen molar-refractivity contribution in [3.05, 3.63) is 52.5 Å². The van der Waals surface area contributed by atoms with Gasteiger partial charge in [-0.15, -0.1) is 21.5 Å². The Hall–Kier alpha value is -3.00. The Morgan fingerprint density at radius 3 is 2.84 bits per heavy atom. The lowest BCUT2D eigenvalue weighted by molar-refractivity contribution is -0.119. The number of carbonyl (C=O) groups is 2. The molecule has 0 unspecified atom stereocenters. The van der Waals surface area contributed by atoms with Crippen LogP contribution in [-0.4, -0.2) is 44.1 Å². The lowest BCUT2D eigenvalue weighted by Gasteiger charge is -2.23. The first-order valence-corrected chi connectivity index (χ1v) is 11.8. The molecule has 0 radical (unpaired) electrons. The summed E-state index contributed by atoms with van der Waals surface area (Å²) in [6, 6.07) is 11.0. The van der Waals surface area contributed by atoms with Crippen molar-refractivity contribution in [3.8, 4) is 11.4 Å². The van der Waals surface area contributed by atoms with Crippen molar-refractivity contribution >= 4 is 28.8 Å². The number of hydrogen-bond donors (Lipinski definition) is 1. The van der Waals surface area contributed by atoms with Crippen LogP contribution in [0.4, 0.5) is 5.69 Å². The number of nitrogens with zero attached hydrogens (tertiary/aromatic N) is 4. The van der Waals surface area contributed by atoms with E-state index < -0.39 is 6.04 Å². The molecule has 1 aromatic carbocycles. The van der Waals surface area contributed by atoms with Crippen molar-refractivity contribution in [2.75, 3.05) is 11.9 Å². The molecule has 1 fully saturated rings. The fraction of sp³-hybridized carbons (Fsp3) is 0.391. The third-order valence-corrected chi connectivity index (χ3v) is 6.90. The Morgan fingerprint density at radius 1 is 1.03 bits per heavy atom. The molecule has 160 valence electrons. The highest BCUT2D eigenvalue weighted by molar-refractivity contribution is 7.12. The molecule has 2 aromatic heterocycles. The van der Waals surface area contributed by atoms with E-state index in [1.165, 1.54) is 17.8 Å². The summed E-state index contributed by atoms with van der Waals surface area (Å²) < 4.78 is 2.20. The fourth-order valence-corrected chi connectivity index (χ4v) is 5.16. The van der Waals surface area contributed by atoms with Crippen LogP contribution in [0.15, 0.2) is 41.8 Å².